The Morgan fingerprint density at radius 3 is 1.93 bits per heavy atom. The summed E-state index contributed by atoms with van der Waals surface area (Å²) in [6, 6.07) is 8.73. The molecular formula is C11H13F3. The maximum Gasteiger partial charge on any atom is 0.394 e. The van der Waals surface area contributed by atoms with E-state index in [9.17, 15) is 13.2 Å². The first-order valence-electron chi connectivity index (χ1n) is 4.43. The first-order valence-corrected chi connectivity index (χ1v) is 4.43. The van der Waals surface area contributed by atoms with Gasteiger partial charge in [0.2, 0.25) is 0 Å². The number of alkyl halides is 3. The van der Waals surface area contributed by atoms with Crippen molar-refractivity contribution in [2.24, 2.45) is 5.41 Å². The number of hydrogen-bond donors (Lipinski definition) is 0. The largest absolute Gasteiger partial charge is 0.394 e. The van der Waals surface area contributed by atoms with Crippen LogP contribution < -0.4 is 0 Å². The lowest BCUT2D eigenvalue weighted by molar-refractivity contribution is -0.211. The van der Waals surface area contributed by atoms with Crippen molar-refractivity contribution in [2.75, 3.05) is 0 Å². The van der Waals surface area contributed by atoms with Crippen molar-refractivity contribution < 1.29 is 13.2 Å². The molecule has 0 aromatic heterocycles. The van der Waals surface area contributed by atoms with E-state index in [1.54, 1.807) is 30.3 Å². The molecule has 0 aliphatic carbocycles. The normalized spacial score (nSPS) is 12.9. The minimum Gasteiger partial charge on any atom is -0.171 e. The fraction of sp³-hybridized carbons (Fsp3) is 0.455. The van der Waals surface area contributed by atoms with E-state index in [0.29, 0.717) is 0 Å². The predicted octanol–water partition coefficient (Wildman–Crippen LogP) is 3.82. The Morgan fingerprint density at radius 1 is 1.00 bits per heavy atom. The highest BCUT2D eigenvalue weighted by Crippen LogP contribution is 2.39. The van der Waals surface area contributed by atoms with Crippen molar-refractivity contribution in [2.45, 2.75) is 26.4 Å². The van der Waals surface area contributed by atoms with Crippen LogP contribution in [0.15, 0.2) is 30.3 Å². The Labute approximate surface area is 81.8 Å². The second-order valence-corrected chi connectivity index (χ2v) is 4.04. The van der Waals surface area contributed by atoms with Gasteiger partial charge in [-0.3, -0.25) is 0 Å². The second-order valence-electron chi connectivity index (χ2n) is 4.04. The Balaban J connectivity index is 2.79. The van der Waals surface area contributed by atoms with Gasteiger partial charge in [-0.25, -0.2) is 0 Å². The van der Waals surface area contributed by atoms with E-state index in [0.717, 1.165) is 5.56 Å². The number of hydrogen-bond acceptors (Lipinski definition) is 0. The summed E-state index contributed by atoms with van der Waals surface area (Å²) in [6.45, 7) is 2.44. The van der Waals surface area contributed by atoms with Crippen LogP contribution in [0.25, 0.3) is 0 Å². The molecule has 0 nitrogen and oxygen atoms in total. The Hall–Kier alpha value is -0.990. The summed E-state index contributed by atoms with van der Waals surface area (Å²) in [7, 11) is 0. The molecule has 0 aliphatic rings. The molecule has 1 rings (SSSR count). The molecule has 0 aliphatic heterocycles. The van der Waals surface area contributed by atoms with Gasteiger partial charge in [-0.2, -0.15) is 13.2 Å². The SMILES string of the molecule is CC(C)(Cc1ccccc1)C(F)(F)F. The van der Waals surface area contributed by atoms with Gasteiger partial charge in [0.15, 0.2) is 0 Å². The van der Waals surface area contributed by atoms with Crippen molar-refractivity contribution in [1.82, 2.24) is 0 Å². The van der Waals surface area contributed by atoms with Crippen molar-refractivity contribution in [1.29, 1.82) is 0 Å². The molecule has 0 saturated carbocycles. The summed E-state index contributed by atoms with van der Waals surface area (Å²) >= 11 is 0. The summed E-state index contributed by atoms with van der Waals surface area (Å²) < 4.78 is 37.6. The minimum absolute atomic E-state index is 0.0251. The molecule has 78 valence electrons. The van der Waals surface area contributed by atoms with Gasteiger partial charge in [-0.05, 0) is 12.0 Å². The van der Waals surface area contributed by atoms with E-state index in [1.165, 1.54) is 13.8 Å². The average molecular weight is 202 g/mol. The standard InChI is InChI=1S/C11H13F3/c1-10(2,11(12,13)14)8-9-6-4-3-5-7-9/h3-7H,8H2,1-2H3. The van der Waals surface area contributed by atoms with Crippen LogP contribution in [0, 0.1) is 5.41 Å². The topological polar surface area (TPSA) is 0 Å². The third kappa shape index (κ3) is 2.50. The van der Waals surface area contributed by atoms with Crippen LogP contribution in [0.4, 0.5) is 13.2 Å². The van der Waals surface area contributed by atoms with Crippen molar-refractivity contribution in [3.63, 3.8) is 0 Å². The van der Waals surface area contributed by atoms with Gasteiger partial charge in [-0.15, -0.1) is 0 Å². The molecule has 3 heteroatoms. The molecule has 0 atom stereocenters. The first-order chi connectivity index (χ1) is 6.33. The van der Waals surface area contributed by atoms with Gasteiger partial charge >= 0.3 is 6.18 Å². The summed E-state index contributed by atoms with van der Waals surface area (Å²) in [5, 5.41) is 0. The minimum atomic E-state index is -4.15. The maximum atomic E-state index is 12.5. The fourth-order valence-corrected chi connectivity index (χ4v) is 1.21. The third-order valence-electron chi connectivity index (χ3n) is 2.26. The summed E-state index contributed by atoms with van der Waals surface area (Å²) in [5.41, 5.74) is -0.941. The molecule has 0 N–H and O–H groups in total. The van der Waals surface area contributed by atoms with Crippen LogP contribution >= 0.6 is 0 Å². The van der Waals surface area contributed by atoms with Gasteiger partial charge in [0.25, 0.3) is 0 Å². The molecule has 0 saturated heterocycles. The summed E-state index contributed by atoms with van der Waals surface area (Å²) in [6.07, 6.45) is -4.12. The Bertz CT molecular complexity index is 285. The van der Waals surface area contributed by atoms with E-state index in [4.69, 9.17) is 0 Å². The Morgan fingerprint density at radius 2 is 1.50 bits per heavy atom. The summed E-state index contributed by atoms with van der Waals surface area (Å²) in [5.74, 6) is 0. The Kier molecular flexibility index (Phi) is 2.88. The van der Waals surface area contributed by atoms with Crippen molar-refractivity contribution in [3.05, 3.63) is 35.9 Å². The highest BCUT2D eigenvalue weighted by atomic mass is 19.4. The zero-order valence-electron chi connectivity index (χ0n) is 8.23. The van der Waals surface area contributed by atoms with Crippen LogP contribution in [-0.2, 0) is 6.42 Å². The van der Waals surface area contributed by atoms with Crippen molar-refractivity contribution >= 4 is 0 Å². The van der Waals surface area contributed by atoms with Crippen LogP contribution in [-0.4, -0.2) is 6.18 Å². The summed E-state index contributed by atoms with van der Waals surface area (Å²) in [4.78, 5) is 0. The molecule has 0 unspecified atom stereocenters. The smallest absolute Gasteiger partial charge is 0.171 e. The number of benzene rings is 1. The molecular weight excluding hydrogens is 189 g/mol. The fourth-order valence-electron chi connectivity index (χ4n) is 1.21. The molecule has 1 aromatic rings. The molecule has 1 aromatic carbocycles. The van der Waals surface area contributed by atoms with Gasteiger partial charge in [0.05, 0.1) is 5.41 Å². The third-order valence-corrected chi connectivity index (χ3v) is 2.26. The van der Waals surface area contributed by atoms with Gasteiger partial charge < -0.3 is 0 Å². The monoisotopic (exact) mass is 202 g/mol. The second kappa shape index (κ2) is 3.64. The number of rotatable bonds is 2. The lowest BCUT2D eigenvalue weighted by Gasteiger charge is -2.27. The van der Waals surface area contributed by atoms with E-state index >= 15 is 0 Å². The lowest BCUT2D eigenvalue weighted by Crippen LogP contribution is -2.34. The molecule has 14 heavy (non-hydrogen) atoms. The van der Waals surface area contributed by atoms with Gasteiger partial charge in [0, 0.05) is 0 Å². The van der Waals surface area contributed by atoms with E-state index in [2.05, 4.69) is 0 Å². The van der Waals surface area contributed by atoms with E-state index in [-0.39, 0.29) is 6.42 Å². The molecule has 0 spiro atoms. The highest BCUT2D eigenvalue weighted by Gasteiger charge is 2.46. The van der Waals surface area contributed by atoms with Crippen LogP contribution in [0.2, 0.25) is 0 Å². The van der Waals surface area contributed by atoms with E-state index in [1.807, 2.05) is 0 Å². The highest BCUT2D eigenvalue weighted by molar-refractivity contribution is 5.16. The molecule has 0 fully saturated rings. The van der Waals surface area contributed by atoms with Crippen molar-refractivity contribution in [3.8, 4) is 0 Å². The number of halogens is 3. The lowest BCUT2D eigenvalue weighted by atomic mass is 9.85. The van der Waals surface area contributed by atoms with Crippen LogP contribution in [0.5, 0.6) is 0 Å². The zero-order valence-corrected chi connectivity index (χ0v) is 8.23. The average Bonchev–Trinajstić information content (AvgIpc) is 2.03. The van der Waals surface area contributed by atoms with E-state index < -0.39 is 11.6 Å². The first kappa shape index (κ1) is 11.1. The quantitative estimate of drug-likeness (QED) is 0.684. The predicted molar refractivity (Wildman–Crippen MR) is 50.0 cm³/mol. The molecule has 0 radical (unpaired) electrons. The van der Waals surface area contributed by atoms with Gasteiger partial charge in [-0.1, -0.05) is 44.2 Å². The maximum absolute atomic E-state index is 12.5. The van der Waals surface area contributed by atoms with Gasteiger partial charge in [0.1, 0.15) is 0 Å². The molecule has 0 amide bonds. The van der Waals surface area contributed by atoms with Crippen LogP contribution in [0.1, 0.15) is 19.4 Å². The molecule has 0 bridgehead atoms. The molecule has 0 heterocycles. The van der Waals surface area contributed by atoms with Crippen LogP contribution in [0.3, 0.4) is 0 Å². The zero-order chi connectivity index (χ0) is 10.8.